The fourth-order valence-electron chi connectivity index (χ4n) is 2.77. The van der Waals surface area contributed by atoms with Gasteiger partial charge in [0.05, 0.1) is 12.8 Å². The molecule has 0 aliphatic heterocycles. The number of aromatic nitrogens is 1. The molecule has 0 aliphatic carbocycles. The van der Waals surface area contributed by atoms with Crippen LogP contribution in [-0.4, -0.2) is 36.1 Å². The predicted molar refractivity (Wildman–Crippen MR) is 127 cm³/mol. The average Bonchev–Trinajstić information content (AvgIpc) is 2.73. The topological polar surface area (TPSA) is 52.9 Å². The SMILES string of the molecule is C=C(Br)/C=N\N(C)C(C=C(NC)c1ccccc1C(C)C)=NCc1cccnc1. The van der Waals surface area contributed by atoms with Crippen LogP contribution in [0.25, 0.3) is 5.70 Å². The highest BCUT2D eigenvalue weighted by atomic mass is 79.9. The lowest BCUT2D eigenvalue weighted by Gasteiger charge is -2.18. The Kier molecular flexibility index (Phi) is 8.80. The minimum atomic E-state index is 0.409. The maximum absolute atomic E-state index is 4.79. The molecule has 0 fully saturated rings. The van der Waals surface area contributed by atoms with E-state index in [1.54, 1.807) is 17.4 Å². The lowest BCUT2D eigenvalue weighted by atomic mass is 9.95. The molecule has 0 saturated carbocycles. The molecular formula is C23H28BrN5. The second-order valence-corrected chi connectivity index (χ2v) is 7.82. The Balaban J connectivity index is 2.47. The fourth-order valence-corrected chi connectivity index (χ4v) is 2.86. The number of pyridine rings is 1. The standard InChI is InChI=1S/C23H28BrN5/c1-17(2)20-10-6-7-11-21(20)22(25-4)13-23(29(5)28-14-18(3)24)27-16-19-9-8-12-26-15-19/h6-15,17,25H,3,16H2,1-2,4-5H3/b22-13?,27-23?,28-14-. The van der Waals surface area contributed by atoms with Gasteiger partial charge in [-0.05, 0) is 39.0 Å². The van der Waals surface area contributed by atoms with Crippen LogP contribution in [0.5, 0.6) is 0 Å². The number of nitrogens with one attached hydrogen (secondary N) is 1. The van der Waals surface area contributed by atoms with Gasteiger partial charge < -0.3 is 5.32 Å². The average molecular weight is 454 g/mol. The van der Waals surface area contributed by atoms with E-state index < -0.39 is 0 Å². The minimum absolute atomic E-state index is 0.409. The molecule has 0 saturated heterocycles. The van der Waals surface area contributed by atoms with Crippen molar-refractivity contribution in [3.05, 3.63) is 82.6 Å². The van der Waals surface area contributed by atoms with Crippen molar-refractivity contribution >= 4 is 33.7 Å². The van der Waals surface area contributed by atoms with Gasteiger partial charge in [-0.2, -0.15) is 5.10 Å². The third-order valence-electron chi connectivity index (χ3n) is 4.26. The van der Waals surface area contributed by atoms with E-state index in [4.69, 9.17) is 4.99 Å². The molecule has 1 N–H and O–H groups in total. The zero-order valence-corrected chi connectivity index (χ0v) is 19.0. The number of hydrazone groups is 1. The smallest absolute Gasteiger partial charge is 0.146 e. The largest absolute Gasteiger partial charge is 0.388 e. The van der Waals surface area contributed by atoms with Gasteiger partial charge in [0.1, 0.15) is 5.84 Å². The van der Waals surface area contributed by atoms with Gasteiger partial charge in [-0.3, -0.25) is 15.0 Å². The molecule has 0 atom stereocenters. The van der Waals surface area contributed by atoms with E-state index in [1.807, 2.05) is 38.5 Å². The van der Waals surface area contributed by atoms with Crippen molar-refractivity contribution in [1.29, 1.82) is 0 Å². The summed E-state index contributed by atoms with van der Waals surface area (Å²) in [5.41, 5.74) is 4.45. The Morgan fingerprint density at radius 3 is 2.66 bits per heavy atom. The van der Waals surface area contributed by atoms with E-state index in [2.05, 4.69) is 76.0 Å². The first kappa shape index (κ1) is 22.6. The summed E-state index contributed by atoms with van der Waals surface area (Å²) in [4.78, 5) is 8.95. The van der Waals surface area contributed by atoms with E-state index in [9.17, 15) is 0 Å². The third kappa shape index (κ3) is 6.98. The highest BCUT2D eigenvalue weighted by Crippen LogP contribution is 2.24. The molecule has 2 rings (SSSR count). The van der Waals surface area contributed by atoms with Crippen molar-refractivity contribution in [3.63, 3.8) is 0 Å². The van der Waals surface area contributed by atoms with Crippen LogP contribution in [0.2, 0.25) is 0 Å². The number of hydrogen-bond acceptors (Lipinski definition) is 4. The molecule has 0 aliphatic rings. The number of halogens is 1. The highest BCUT2D eigenvalue weighted by molar-refractivity contribution is 9.12. The number of aliphatic imine (C=N–C) groups is 1. The summed E-state index contributed by atoms with van der Waals surface area (Å²) in [6.45, 7) is 8.70. The molecule has 0 radical (unpaired) electrons. The molecule has 0 spiro atoms. The highest BCUT2D eigenvalue weighted by Gasteiger charge is 2.12. The van der Waals surface area contributed by atoms with E-state index in [1.165, 1.54) is 5.56 Å². The van der Waals surface area contributed by atoms with Crippen molar-refractivity contribution in [3.8, 4) is 0 Å². The van der Waals surface area contributed by atoms with Gasteiger partial charge in [0, 0.05) is 48.3 Å². The summed E-state index contributed by atoms with van der Waals surface area (Å²) in [7, 11) is 3.79. The Morgan fingerprint density at radius 1 is 1.28 bits per heavy atom. The molecule has 1 aromatic carbocycles. The van der Waals surface area contributed by atoms with Gasteiger partial charge in [0.25, 0.3) is 0 Å². The molecule has 5 nitrogen and oxygen atoms in total. The number of likely N-dealkylation sites (N-methyl/N-ethyl adjacent to an activating group) is 1. The van der Waals surface area contributed by atoms with E-state index >= 15 is 0 Å². The Bertz CT molecular complexity index is 900. The summed E-state index contributed by atoms with van der Waals surface area (Å²) in [5.74, 6) is 1.13. The van der Waals surface area contributed by atoms with Crippen LogP contribution >= 0.6 is 15.9 Å². The quantitative estimate of drug-likeness (QED) is 0.339. The number of nitrogens with zero attached hydrogens (tertiary/aromatic N) is 4. The Morgan fingerprint density at radius 2 is 2.03 bits per heavy atom. The molecule has 2 aromatic rings. The molecule has 29 heavy (non-hydrogen) atoms. The molecule has 0 amide bonds. The van der Waals surface area contributed by atoms with Crippen molar-refractivity contribution in [2.45, 2.75) is 26.3 Å². The Hall–Kier alpha value is -2.73. The lowest BCUT2D eigenvalue weighted by Crippen LogP contribution is -2.22. The lowest BCUT2D eigenvalue weighted by molar-refractivity contribution is 0.547. The first-order valence-electron chi connectivity index (χ1n) is 9.46. The zero-order valence-electron chi connectivity index (χ0n) is 17.4. The normalized spacial score (nSPS) is 12.5. The van der Waals surface area contributed by atoms with Gasteiger partial charge in [-0.1, -0.05) is 50.8 Å². The fraction of sp³-hybridized carbons (Fsp3) is 0.261. The summed E-state index contributed by atoms with van der Waals surface area (Å²) in [5, 5.41) is 9.48. The summed E-state index contributed by atoms with van der Waals surface area (Å²) < 4.78 is 0.693. The van der Waals surface area contributed by atoms with Crippen molar-refractivity contribution in [2.75, 3.05) is 14.1 Å². The van der Waals surface area contributed by atoms with Crippen molar-refractivity contribution in [2.24, 2.45) is 10.1 Å². The summed E-state index contributed by atoms with van der Waals surface area (Å²) in [6, 6.07) is 12.3. The maximum Gasteiger partial charge on any atom is 0.146 e. The predicted octanol–water partition coefficient (Wildman–Crippen LogP) is 5.19. The van der Waals surface area contributed by atoms with E-state index in [-0.39, 0.29) is 0 Å². The minimum Gasteiger partial charge on any atom is -0.388 e. The van der Waals surface area contributed by atoms with Gasteiger partial charge in [0.15, 0.2) is 0 Å². The number of rotatable bonds is 8. The monoisotopic (exact) mass is 453 g/mol. The first-order chi connectivity index (χ1) is 13.9. The van der Waals surface area contributed by atoms with Gasteiger partial charge >= 0.3 is 0 Å². The van der Waals surface area contributed by atoms with Crippen molar-refractivity contribution in [1.82, 2.24) is 15.3 Å². The Labute approximate surface area is 182 Å². The third-order valence-corrected chi connectivity index (χ3v) is 4.47. The number of amidine groups is 1. The van der Waals surface area contributed by atoms with Crippen LogP contribution in [0.15, 0.2) is 76.0 Å². The zero-order chi connectivity index (χ0) is 21.2. The van der Waals surface area contributed by atoms with Gasteiger partial charge in [-0.15, -0.1) is 0 Å². The summed E-state index contributed by atoms with van der Waals surface area (Å²) in [6.07, 6.45) is 7.25. The molecule has 1 aromatic heterocycles. The van der Waals surface area contributed by atoms with Gasteiger partial charge in [-0.25, -0.2) is 0 Å². The van der Waals surface area contributed by atoms with Crippen LogP contribution in [0.3, 0.4) is 0 Å². The summed E-state index contributed by atoms with van der Waals surface area (Å²) >= 11 is 3.31. The molecule has 0 unspecified atom stereocenters. The van der Waals surface area contributed by atoms with E-state index in [0.717, 1.165) is 22.7 Å². The second-order valence-electron chi connectivity index (χ2n) is 6.80. The van der Waals surface area contributed by atoms with Crippen LogP contribution in [-0.2, 0) is 6.54 Å². The number of hydrogen-bond donors (Lipinski definition) is 1. The van der Waals surface area contributed by atoms with Crippen LogP contribution in [0.1, 0.15) is 36.5 Å². The molecule has 152 valence electrons. The van der Waals surface area contributed by atoms with Crippen LogP contribution in [0, 0.1) is 0 Å². The number of benzene rings is 1. The first-order valence-corrected chi connectivity index (χ1v) is 10.3. The number of allylic oxidation sites excluding steroid dienone is 1. The van der Waals surface area contributed by atoms with Crippen molar-refractivity contribution < 1.29 is 0 Å². The maximum atomic E-state index is 4.79. The second kappa shape index (κ2) is 11.3. The molecule has 1 heterocycles. The molecule has 6 heteroatoms. The van der Waals surface area contributed by atoms with Gasteiger partial charge in [0.2, 0.25) is 0 Å². The van der Waals surface area contributed by atoms with Crippen LogP contribution < -0.4 is 5.32 Å². The van der Waals surface area contributed by atoms with Crippen LogP contribution in [0.4, 0.5) is 0 Å². The molecular weight excluding hydrogens is 426 g/mol. The molecule has 0 bridgehead atoms. The van der Waals surface area contributed by atoms with E-state index in [0.29, 0.717) is 16.9 Å².